The number of amides is 2. The average Bonchev–Trinajstić information content (AvgIpc) is 3.15. The molecule has 2 fully saturated rings. The van der Waals surface area contributed by atoms with Crippen LogP contribution in [-0.4, -0.2) is 36.2 Å². The SMILES string of the molecule is COc1cccc(NC(=O)NC2C[C@@H]3CCC[C@@H](C2)N3Cc2ccco2)c1. The van der Waals surface area contributed by atoms with Crippen LogP contribution in [-0.2, 0) is 6.54 Å². The second-order valence-corrected chi connectivity index (χ2v) is 7.49. The van der Waals surface area contributed by atoms with E-state index >= 15 is 0 Å². The third-order valence-electron chi connectivity index (χ3n) is 5.71. The van der Waals surface area contributed by atoms with Gasteiger partial charge in [-0.25, -0.2) is 4.79 Å². The topological polar surface area (TPSA) is 66.7 Å². The maximum absolute atomic E-state index is 12.4. The van der Waals surface area contributed by atoms with Crippen molar-refractivity contribution in [1.29, 1.82) is 0 Å². The van der Waals surface area contributed by atoms with Crippen LogP contribution in [0, 0.1) is 0 Å². The number of ether oxygens (including phenoxy) is 1. The van der Waals surface area contributed by atoms with E-state index in [1.54, 1.807) is 13.4 Å². The average molecular weight is 369 g/mol. The number of hydrogen-bond donors (Lipinski definition) is 2. The number of carbonyl (C=O) groups is 1. The number of nitrogens with zero attached hydrogens (tertiary/aromatic N) is 1. The van der Waals surface area contributed by atoms with Crippen LogP contribution in [0.15, 0.2) is 47.1 Å². The Hall–Kier alpha value is -2.47. The van der Waals surface area contributed by atoms with Crippen LogP contribution in [0.5, 0.6) is 5.75 Å². The monoisotopic (exact) mass is 369 g/mol. The molecule has 2 aromatic rings. The fourth-order valence-electron chi connectivity index (χ4n) is 4.49. The summed E-state index contributed by atoms with van der Waals surface area (Å²) in [5, 5.41) is 6.09. The van der Waals surface area contributed by atoms with Gasteiger partial charge in [-0.2, -0.15) is 0 Å². The predicted octanol–water partition coefficient (Wildman–Crippen LogP) is 4.00. The normalized spacial score (nSPS) is 25.0. The summed E-state index contributed by atoms with van der Waals surface area (Å²) in [5.41, 5.74) is 0.738. The quantitative estimate of drug-likeness (QED) is 0.836. The zero-order chi connectivity index (χ0) is 18.6. The molecular formula is C21H27N3O3. The first-order chi connectivity index (χ1) is 13.2. The molecule has 2 bridgehead atoms. The summed E-state index contributed by atoms with van der Waals surface area (Å²) < 4.78 is 10.8. The van der Waals surface area contributed by atoms with E-state index in [4.69, 9.17) is 9.15 Å². The molecule has 144 valence electrons. The summed E-state index contributed by atoms with van der Waals surface area (Å²) in [5.74, 6) is 1.75. The van der Waals surface area contributed by atoms with Crippen molar-refractivity contribution in [3.63, 3.8) is 0 Å². The molecule has 0 unspecified atom stereocenters. The predicted molar refractivity (Wildman–Crippen MR) is 104 cm³/mol. The molecule has 3 heterocycles. The van der Waals surface area contributed by atoms with Crippen molar-refractivity contribution in [2.45, 2.75) is 56.8 Å². The maximum atomic E-state index is 12.4. The summed E-state index contributed by atoms with van der Waals surface area (Å²) in [6.45, 7) is 0.866. The highest BCUT2D eigenvalue weighted by atomic mass is 16.5. The fourth-order valence-corrected chi connectivity index (χ4v) is 4.49. The Morgan fingerprint density at radius 3 is 2.74 bits per heavy atom. The lowest BCUT2D eigenvalue weighted by atomic mass is 9.81. The summed E-state index contributed by atoms with van der Waals surface area (Å²) in [7, 11) is 1.62. The van der Waals surface area contributed by atoms with E-state index in [0.717, 1.165) is 36.6 Å². The molecule has 6 nitrogen and oxygen atoms in total. The number of nitrogens with one attached hydrogen (secondary N) is 2. The van der Waals surface area contributed by atoms with Crippen molar-refractivity contribution in [3.05, 3.63) is 48.4 Å². The molecule has 2 atom stereocenters. The van der Waals surface area contributed by atoms with Crippen LogP contribution in [0.4, 0.5) is 10.5 Å². The molecule has 4 rings (SSSR count). The van der Waals surface area contributed by atoms with Gasteiger partial charge in [0.15, 0.2) is 0 Å². The third-order valence-corrected chi connectivity index (χ3v) is 5.71. The molecule has 2 saturated heterocycles. The fraction of sp³-hybridized carbons (Fsp3) is 0.476. The van der Waals surface area contributed by atoms with Crippen molar-refractivity contribution < 1.29 is 13.9 Å². The van der Waals surface area contributed by atoms with Gasteiger partial charge in [-0.05, 0) is 49.9 Å². The van der Waals surface area contributed by atoms with Crippen LogP contribution < -0.4 is 15.4 Å². The summed E-state index contributed by atoms with van der Waals surface area (Å²) in [6, 6.07) is 12.5. The number of fused-ring (bicyclic) bond motifs is 2. The smallest absolute Gasteiger partial charge is 0.319 e. The number of methoxy groups -OCH3 is 1. The zero-order valence-corrected chi connectivity index (χ0v) is 15.7. The van der Waals surface area contributed by atoms with Gasteiger partial charge < -0.3 is 19.8 Å². The first-order valence-electron chi connectivity index (χ1n) is 9.71. The second-order valence-electron chi connectivity index (χ2n) is 7.49. The van der Waals surface area contributed by atoms with Gasteiger partial charge in [0.05, 0.1) is 19.9 Å². The summed E-state index contributed by atoms with van der Waals surface area (Å²) in [6.07, 6.45) is 7.36. The molecule has 2 aliphatic rings. The Bertz CT molecular complexity index is 748. The van der Waals surface area contributed by atoms with Crippen molar-refractivity contribution in [2.75, 3.05) is 12.4 Å². The van der Waals surface area contributed by atoms with Gasteiger partial charge >= 0.3 is 6.03 Å². The Morgan fingerprint density at radius 1 is 1.22 bits per heavy atom. The molecule has 0 spiro atoms. The number of benzene rings is 1. The van der Waals surface area contributed by atoms with E-state index in [1.165, 1.54) is 19.3 Å². The van der Waals surface area contributed by atoms with E-state index in [2.05, 4.69) is 15.5 Å². The summed E-state index contributed by atoms with van der Waals surface area (Å²) in [4.78, 5) is 15.0. The van der Waals surface area contributed by atoms with E-state index in [1.807, 2.05) is 36.4 Å². The Balaban J connectivity index is 1.34. The molecule has 2 N–H and O–H groups in total. The van der Waals surface area contributed by atoms with Gasteiger partial charge in [-0.3, -0.25) is 4.90 Å². The number of hydrogen-bond acceptors (Lipinski definition) is 4. The van der Waals surface area contributed by atoms with E-state index in [0.29, 0.717) is 12.1 Å². The van der Waals surface area contributed by atoms with Gasteiger partial charge in [0.2, 0.25) is 0 Å². The lowest BCUT2D eigenvalue weighted by molar-refractivity contribution is 0.0150. The third kappa shape index (κ3) is 4.27. The first kappa shape index (κ1) is 17.9. The molecule has 2 aliphatic heterocycles. The Labute approximate surface area is 159 Å². The zero-order valence-electron chi connectivity index (χ0n) is 15.7. The van der Waals surface area contributed by atoms with Crippen molar-refractivity contribution in [3.8, 4) is 5.75 Å². The number of anilines is 1. The van der Waals surface area contributed by atoms with Crippen LogP contribution >= 0.6 is 0 Å². The molecule has 6 heteroatoms. The lowest BCUT2D eigenvalue weighted by Crippen LogP contribution is -2.56. The molecule has 27 heavy (non-hydrogen) atoms. The largest absolute Gasteiger partial charge is 0.497 e. The second kappa shape index (κ2) is 8.05. The Kier molecular flexibility index (Phi) is 5.34. The van der Waals surface area contributed by atoms with Crippen LogP contribution in [0.1, 0.15) is 37.9 Å². The van der Waals surface area contributed by atoms with Crippen LogP contribution in [0.3, 0.4) is 0 Å². The highest BCUT2D eigenvalue weighted by Gasteiger charge is 2.38. The van der Waals surface area contributed by atoms with Crippen molar-refractivity contribution >= 4 is 11.7 Å². The highest BCUT2D eigenvalue weighted by Crippen LogP contribution is 2.35. The molecule has 0 radical (unpaired) electrons. The van der Waals surface area contributed by atoms with Crippen LogP contribution in [0.2, 0.25) is 0 Å². The maximum Gasteiger partial charge on any atom is 0.319 e. The standard InChI is InChI=1S/C21H27N3O3/c1-26-19-8-2-5-15(13-19)22-21(25)23-16-11-17-6-3-7-18(12-16)24(17)14-20-9-4-10-27-20/h2,4-5,8-10,13,16-18H,3,6-7,11-12,14H2,1H3,(H2,22,23,25)/t17-,18-/m0/s1. The first-order valence-corrected chi connectivity index (χ1v) is 9.71. The van der Waals surface area contributed by atoms with Gasteiger partial charge in [0, 0.05) is 29.9 Å². The lowest BCUT2D eigenvalue weighted by Gasteiger charge is -2.48. The number of urea groups is 1. The molecule has 0 saturated carbocycles. The minimum absolute atomic E-state index is 0.147. The van der Waals surface area contributed by atoms with Gasteiger partial charge in [0.25, 0.3) is 0 Å². The highest BCUT2D eigenvalue weighted by molar-refractivity contribution is 5.89. The van der Waals surface area contributed by atoms with Gasteiger partial charge in [0.1, 0.15) is 11.5 Å². The number of furan rings is 1. The van der Waals surface area contributed by atoms with Crippen molar-refractivity contribution in [1.82, 2.24) is 10.2 Å². The molecular weight excluding hydrogens is 342 g/mol. The van der Waals surface area contributed by atoms with Crippen LogP contribution in [0.25, 0.3) is 0 Å². The number of rotatable bonds is 5. The molecule has 2 amide bonds. The Morgan fingerprint density at radius 2 is 2.04 bits per heavy atom. The number of piperidine rings is 2. The van der Waals surface area contributed by atoms with E-state index < -0.39 is 0 Å². The minimum Gasteiger partial charge on any atom is -0.497 e. The molecule has 0 aliphatic carbocycles. The van der Waals surface area contributed by atoms with Gasteiger partial charge in [-0.15, -0.1) is 0 Å². The number of carbonyl (C=O) groups excluding carboxylic acids is 1. The molecule has 1 aromatic heterocycles. The minimum atomic E-state index is -0.147. The summed E-state index contributed by atoms with van der Waals surface area (Å²) >= 11 is 0. The van der Waals surface area contributed by atoms with E-state index in [-0.39, 0.29) is 12.1 Å². The van der Waals surface area contributed by atoms with E-state index in [9.17, 15) is 4.79 Å². The molecule has 1 aromatic carbocycles. The van der Waals surface area contributed by atoms with Crippen molar-refractivity contribution in [2.24, 2.45) is 0 Å². The van der Waals surface area contributed by atoms with Gasteiger partial charge in [-0.1, -0.05) is 12.5 Å².